The zero-order valence-corrected chi connectivity index (χ0v) is 11.3. The molecule has 1 N–H and O–H groups in total. The third kappa shape index (κ3) is 2.65. The van der Waals surface area contributed by atoms with Crippen molar-refractivity contribution in [1.82, 2.24) is 9.38 Å². The first-order chi connectivity index (χ1) is 9.72. The summed E-state index contributed by atoms with van der Waals surface area (Å²) in [4.78, 5) is 16.2. The fourth-order valence-corrected chi connectivity index (χ4v) is 2.12. The molecule has 0 radical (unpaired) electrons. The topological polar surface area (TPSA) is 46.4 Å². The molecule has 5 heteroatoms. The van der Waals surface area contributed by atoms with E-state index in [0.29, 0.717) is 17.4 Å². The van der Waals surface area contributed by atoms with Gasteiger partial charge in [0.05, 0.1) is 18.1 Å². The van der Waals surface area contributed by atoms with Crippen LogP contribution in [0.2, 0.25) is 5.02 Å². The zero-order chi connectivity index (χ0) is 13.9. The molecule has 1 amide bonds. The van der Waals surface area contributed by atoms with Gasteiger partial charge in [-0.05, 0) is 29.8 Å². The van der Waals surface area contributed by atoms with Crippen LogP contribution in [0.1, 0.15) is 5.56 Å². The fourth-order valence-electron chi connectivity index (χ4n) is 1.99. The van der Waals surface area contributed by atoms with Crippen molar-refractivity contribution in [2.75, 3.05) is 5.32 Å². The van der Waals surface area contributed by atoms with E-state index < -0.39 is 0 Å². The highest BCUT2D eigenvalue weighted by Gasteiger charge is 2.08. The van der Waals surface area contributed by atoms with E-state index in [1.165, 1.54) is 0 Å². The number of imidazole rings is 1. The number of pyridine rings is 1. The second-order valence-electron chi connectivity index (χ2n) is 4.43. The molecular formula is C15H12ClN3O. The van der Waals surface area contributed by atoms with Crippen molar-refractivity contribution < 1.29 is 4.79 Å². The summed E-state index contributed by atoms with van der Waals surface area (Å²) < 4.78 is 1.83. The largest absolute Gasteiger partial charge is 0.295 e. The molecule has 0 aliphatic rings. The van der Waals surface area contributed by atoms with Gasteiger partial charge >= 0.3 is 0 Å². The van der Waals surface area contributed by atoms with Gasteiger partial charge in [0.1, 0.15) is 0 Å². The predicted molar refractivity (Wildman–Crippen MR) is 79.0 cm³/mol. The van der Waals surface area contributed by atoms with E-state index in [-0.39, 0.29) is 5.91 Å². The summed E-state index contributed by atoms with van der Waals surface area (Å²) >= 11 is 5.81. The number of fused-ring (bicyclic) bond motifs is 1. The van der Waals surface area contributed by atoms with E-state index in [1.54, 1.807) is 18.3 Å². The highest BCUT2D eigenvalue weighted by molar-refractivity contribution is 6.30. The lowest BCUT2D eigenvalue weighted by atomic mass is 10.1. The lowest BCUT2D eigenvalue weighted by molar-refractivity contribution is -0.115. The first-order valence-electron chi connectivity index (χ1n) is 6.19. The van der Waals surface area contributed by atoms with E-state index in [0.717, 1.165) is 11.1 Å². The molecule has 0 fully saturated rings. The number of nitrogens with zero attached hydrogens (tertiary/aromatic N) is 2. The molecule has 2 heterocycles. The summed E-state index contributed by atoms with van der Waals surface area (Å²) in [5, 5.41) is 3.47. The molecule has 1 aromatic carbocycles. The minimum Gasteiger partial charge on any atom is -0.295 e. The van der Waals surface area contributed by atoms with Crippen molar-refractivity contribution in [2.24, 2.45) is 0 Å². The van der Waals surface area contributed by atoms with Gasteiger partial charge in [-0.1, -0.05) is 29.8 Å². The van der Waals surface area contributed by atoms with Gasteiger partial charge in [0, 0.05) is 11.2 Å². The number of nitrogens with one attached hydrogen (secondary N) is 1. The van der Waals surface area contributed by atoms with Crippen LogP contribution in [0.3, 0.4) is 0 Å². The maximum absolute atomic E-state index is 12.0. The van der Waals surface area contributed by atoms with Gasteiger partial charge in [0.2, 0.25) is 11.9 Å². The molecule has 0 atom stereocenters. The molecule has 0 spiro atoms. The number of hydrogen-bond acceptors (Lipinski definition) is 2. The monoisotopic (exact) mass is 285 g/mol. The maximum atomic E-state index is 12.0. The Kier molecular flexibility index (Phi) is 3.39. The first kappa shape index (κ1) is 12.7. The number of anilines is 1. The van der Waals surface area contributed by atoms with E-state index >= 15 is 0 Å². The molecule has 2 aromatic heterocycles. The standard InChI is InChI=1S/C15H12ClN3O/c16-12-6-4-11(5-7-12)9-14(20)18-15-17-10-13-3-1-2-8-19(13)15/h1-8,10H,9H2,(H,17,18,20). The number of carbonyl (C=O) groups is 1. The van der Waals surface area contributed by atoms with Gasteiger partial charge in [-0.25, -0.2) is 4.98 Å². The van der Waals surface area contributed by atoms with Crippen molar-refractivity contribution >= 4 is 29.0 Å². The quantitative estimate of drug-likeness (QED) is 0.803. The number of halogens is 1. The van der Waals surface area contributed by atoms with Crippen LogP contribution in [-0.4, -0.2) is 15.3 Å². The second-order valence-corrected chi connectivity index (χ2v) is 4.87. The number of amides is 1. The molecule has 0 unspecified atom stereocenters. The molecule has 0 saturated carbocycles. The molecule has 0 aliphatic carbocycles. The lowest BCUT2D eigenvalue weighted by Gasteiger charge is -2.04. The van der Waals surface area contributed by atoms with Crippen LogP contribution in [0, 0.1) is 0 Å². The molecule has 3 rings (SSSR count). The van der Waals surface area contributed by atoms with Gasteiger partial charge in [-0.2, -0.15) is 0 Å². The number of benzene rings is 1. The summed E-state index contributed by atoms with van der Waals surface area (Å²) in [5.74, 6) is 0.420. The minimum absolute atomic E-state index is 0.108. The molecule has 100 valence electrons. The Morgan fingerprint density at radius 3 is 2.80 bits per heavy atom. The number of aromatic nitrogens is 2. The summed E-state index contributed by atoms with van der Waals surface area (Å²) in [5.41, 5.74) is 1.85. The maximum Gasteiger partial charge on any atom is 0.231 e. The van der Waals surface area contributed by atoms with Crippen molar-refractivity contribution in [3.63, 3.8) is 0 Å². The molecular weight excluding hydrogens is 274 g/mol. The molecule has 0 saturated heterocycles. The van der Waals surface area contributed by atoms with Crippen LogP contribution in [0.4, 0.5) is 5.95 Å². The number of rotatable bonds is 3. The summed E-state index contributed by atoms with van der Waals surface area (Å²) in [6.07, 6.45) is 3.87. The summed E-state index contributed by atoms with van der Waals surface area (Å²) in [7, 11) is 0. The second kappa shape index (κ2) is 5.35. The zero-order valence-electron chi connectivity index (χ0n) is 10.6. The number of carbonyl (C=O) groups excluding carboxylic acids is 1. The Hall–Kier alpha value is -2.33. The van der Waals surface area contributed by atoms with Crippen molar-refractivity contribution in [3.8, 4) is 0 Å². The van der Waals surface area contributed by atoms with Crippen LogP contribution in [0.25, 0.3) is 5.52 Å². The minimum atomic E-state index is -0.108. The Bertz CT molecular complexity index is 749. The van der Waals surface area contributed by atoms with E-state index in [2.05, 4.69) is 10.3 Å². The Morgan fingerprint density at radius 2 is 2.00 bits per heavy atom. The molecule has 0 bridgehead atoms. The average Bonchev–Trinajstić information content (AvgIpc) is 2.85. The first-order valence-corrected chi connectivity index (χ1v) is 6.56. The SMILES string of the molecule is O=C(Cc1ccc(Cl)cc1)Nc1ncc2ccccn12. The third-order valence-corrected chi connectivity index (χ3v) is 3.22. The highest BCUT2D eigenvalue weighted by atomic mass is 35.5. The van der Waals surface area contributed by atoms with E-state index in [9.17, 15) is 4.79 Å². The van der Waals surface area contributed by atoms with Gasteiger partial charge in [-0.3, -0.25) is 14.5 Å². The van der Waals surface area contributed by atoms with E-state index in [4.69, 9.17) is 11.6 Å². The summed E-state index contributed by atoms with van der Waals surface area (Å²) in [6, 6.07) is 13.0. The van der Waals surface area contributed by atoms with E-state index in [1.807, 2.05) is 40.9 Å². The Labute approximate surface area is 121 Å². The third-order valence-electron chi connectivity index (χ3n) is 2.97. The Morgan fingerprint density at radius 1 is 1.20 bits per heavy atom. The van der Waals surface area contributed by atoms with Crippen molar-refractivity contribution in [1.29, 1.82) is 0 Å². The molecule has 20 heavy (non-hydrogen) atoms. The molecule has 3 aromatic rings. The van der Waals surface area contributed by atoms with Crippen LogP contribution in [0.5, 0.6) is 0 Å². The molecule has 4 nitrogen and oxygen atoms in total. The lowest BCUT2D eigenvalue weighted by Crippen LogP contribution is -2.16. The van der Waals surface area contributed by atoms with Gasteiger partial charge in [0.15, 0.2) is 0 Å². The average molecular weight is 286 g/mol. The number of hydrogen-bond donors (Lipinski definition) is 1. The van der Waals surface area contributed by atoms with Crippen LogP contribution >= 0.6 is 11.6 Å². The Balaban J connectivity index is 1.74. The van der Waals surface area contributed by atoms with Gasteiger partial charge in [-0.15, -0.1) is 0 Å². The van der Waals surface area contributed by atoms with Crippen molar-refractivity contribution in [3.05, 3.63) is 65.4 Å². The predicted octanol–water partition coefficient (Wildman–Crippen LogP) is 3.17. The smallest absolute Gasteiger partial charge is 0.231 e. The van der Waals surface area contributed by atoms with Gasteiger partial charge in [0.25, 0.3) is 0 Å². The highest BCUT2D eigenvalue weighted by Crippen LogP contribution is 2.12. The van der Waals surface area contributed by atoms with Crippen LogP contribution in [-0.2, 0) is 11.2 Å². The van der Waals surface area contributed by atoms with Crippen LogP contribution < -0.4 is 5.32 Å². The summed E-state index contributed by atoms with van der Waals surface area (Å²) in [6.45, 7) is 0. The molecule has 0 aliphatic heterocycles. The van der Waals surface area contributed by atoms with Crippen LogP contribution in [0.15, 0.2) is 54.9 Å². The fraction of sp³-hybridized carbons (Fsp3) is 0.0667. The van der Waals surface area contributed by atoms with Crippen molar-refractivity contribution in [2.45, 2.75) is 6.42 Å². The van der Waals surface area contributed by atoms with Gasteiger partial charge < -0.3 is 0 Å². The normalized spacial score (nSPS) is 10.7.